The molecule has 2 aromatic rings. The zero-order chi connectivity index (χ0) is 18.8. The Kier molecular flexibility index (Phi) is 4.93. The number of hydrogen-bond acceptors (Lipinski definition) is 3. The molecule has 0 saturated carbocycles. The van der Waals surface area contributed by atoms with Crippen molar-refractivity contribution in [3.8, 4) is 5.75 Å². The highest BCUT2D eigenvalue weighted by Gasteiger charge is 2.31. The van der Waals surface area contributed by atoms with Gasteiger partial charge in [-0.05, 0) is 42.8 Å². The summed E-state index contributed by atoms with van der Waals surface area (Å²) in [6.45, 7) is 5.60. The van der Waals surface area contributed by atoms with E-state index in [9.17, 15) is 14.0 Å². The van der Waals surface area contributed by atoms with Crippen molar-refractivity contribution in [2.75, 3.05) is 10.2 Å². The Morgan fingerprint density at radius 2 is 1.92 bits per heavy atom. The molecule has 1 unspecified atom stereocenters. The van der Waals surface area contributed by atoms with E-state index in [-0.39, 0.29) is 23.5 Å². The van der Waals surface area contributed by atoms with Crippen molar-refractivity contribution in [1.29, 1.82) is 0 Å². The molecule has 0 aromatic heterocycles. The largest absolute Gasteiger partial charge is 0.479 e. The molecule has 1 aliphatic heterocycles. The molecule has 2 aromatic carbocycles. The Bertz CT molecular complexity index is 833. The summed E-state index contributed by atoms with van der Waals surface area (Å²) in [6.07, 6.45) is -0.612. The average molecular weight is 356 g/mol. The topological polar surface area (TPSA) is 58.6 Å². The Hall–Kier alpha value is -2.89. The number of ether oxygens (including phenoxy) is 1. The Labute approximate surface area is 151 Å². The fourth-order valence-corrected chi connectivity index (χ4v) is 2.71. The number of amides is 2. The molecule has 0 radical (unpaired) electrons. The smallest absolute Gasteiger partial charge is 0.268 e. The number of hydrogen-bond donors (Lipinski definition) is 1. The Morgan fingerprint density at radius 1 is 1.23 bits per heavy atom. The molecule has 3 rings (SSSR count). The number of carbonyl (C=O) groups is 2. The molecule has 136 valence electrons. The maximum atomic E-state index is 13.1. The first-order valence-corrected chi connectivity index (χ1v) is 8.52. The summed E-state index contributed by atoms with van der Waals surface area (Å²) in [5.41, 5.74) is 1.98. The van der Waals surface area contributed by atoms with Gasteiger partial charge in [-0.15, -0.1) is 0 Å². The number of nitrogens with one attached hydrogen (secondary N) is 1. The lowest BCUT2D eigenvalue weighted by molar-refractivity contribution is -0.125. The third kappa shape index (κ3) is 3.69. The van der Waals surface area contributed by atoms with Crippen molar-refractivity contribution >= 4 is 23.2 Å². The van der Waals surface area contributed by atoms with Gasteiger partial charge < -0.3 is 15.0 Å². The molecule has 5 nitrogen and oxygen atoms in total. The van der Waals surface area contributed by atoms with Crippen LogP contribution in [0.5, 0.6) is 5.75 Å². The highest BCUT2D eigenvalue weighted by Crippen LogP contribution is 2.37. The van der Waals surface area contributed by atoms with E-state index in [1.807, 2.05) is 13.8 Å². The van der Waals surface area contributed by atoms with E-state index < -0.39 is 6.10 Å². The van der Waals surface area contributed by atoms with Gasteiger partial charge in [0.2, 0.25) is 5.91 Å². The average Bonchev–Trinajstić information content (AvgIpc) is 2.61. The summed E-state index contributed by atoms with van der Waals surface area (Å²) in [7, 11) is 0. The van der Waals surface area contributed by atoms with Crippen LogP contribution in [0.2, 0.25) is 0 Å². The van der Waals surface area contributed by atoms with Crippen LogP contribution in [0.3, 0.4) is 0 Å². The molecule has 1 atom stereocenters. The van der Waals surface area contributed by atoms with Gasteiger partial charge in [0.05, 0.1) is 12.2 Å². The molecular formula is C20H21FN2O3. The maximum absolute atomic E-state index is 13.1. The Balaban J connectivity index is 1.93. The number of rotatable bonds is 4. The summed E-state index contributed by atoms with van der Waals surface area (Å²) in [4.78, 5) is 26.2. The zero-order valence-corrected chi connectivity index (χ0v) is 15.0. The molecule has 1 aliphatic rings. The van der Waals surface area contributed by atoms with Crippen LogP contribution in [0.4, 0.5) is 15.8 Å². The van der Waals surface area contributed by atoms with Gasteiger partial charge in [-0.2, -0.15) is 0 Å². The van der Waals surface area contributed by atoms with Crippen LogP contribution in [0.25, 0.3) is 0 Å². The Morgan fingerprint density at radius 3 is 2.58 bits per heavy atom. The first-order chi connectivity index (χ1) is 12.3. The summed E-state index contributed by atoms with van der Waals surface area (Å²) >= 11 is 0. The normalized spacial score (nSPS) is 16.3. The molecule has 0 saturated heterocycles. The second kappa shape index (κ2) is 7.15. The van der Waals surface area contributed by atoms with Gasteiger partial charge in [0.25, 0.3) is 5.91 Å². The summed E-state index contributed by atoms with van der Waals surface area (Å²) in [5, 5.41) is 2.83. The van der Waals surface area contributed by atoms with Crippen molar-refractivity contribution in [3.63, 3.8) is 0 Å². The van der Waals surface area contributed by atoms with E-state index in [1.165, 1.54) is 12.1 Å². The standard InChI is InChI=1S/C20H21FN2O3/c1-12(2)19(24)22-16-8-9-18-17(10-16)23(20(25)13(3)26-18)11-14-4-6-15(21)7-5-14/h4-10,12-13H,11H2,1-3H3,(H,22,24). The maximum Gasteiger partial charge on any atom is 0.268 e. The first-order valence-electron chi connectivity index (χ1n) is 8.52. The second-order valence-electron chi connectivity index (χ2n) is 6.64. The van der Waals surface area contributed by atoms with E-state index in [0.29, 0.717) is 23.7 Å². The molecule has 6 heteroatoms. The van der Waals surface area contributed by atoms with Crippen LogP contribution in [-0.2, 0) is 16.1 Å². The zero-order valence-electron chi connectivity index (χ0n) is 15.0. The molecular weight excluding hydrogens is 335 g/mol. The highest BCUT2D eigenvalue weighted by atomic mass is 19.1. The van der Waals surface area contributed by atoms with Crippen LogP contribution in [0.15, 0.2) is 42.5 Å². The third-order valence-corrected chi connectivity index (χ3v) is 4.21. The van der Waals surface area contributed by atoms with Gasteiger partial charge in [-0.3, -0.25) is 9.59 Å². The summed E-state index contributed by atoms with van der Waals surface area (Å²) < 4.78 is 18.8. The van der Waals surface area contributed by atoms with Crippen LogP contribution in [0, 0.1) is 11.7 Å². The highest BCUT2D eigenvalue weighted by molar-refractivity contribution is 6.01. The lowest BCUT2D eigenvalue weighted by Gasteiger charge is -2.33. The van der Waals surface area contributed by atoms with Gasteiger partial charge in [0, 0.05) is 11.6 Å². The number of halogens is 1. The fraction of sp³-hybridized carbons (Fsp3) is 0.300. The molecule has 1 N–H and O–H groups in total. The van der Waals surface area contributed by atoms with Crippen LogP contribution in [0.1, 0.15) is 26.3 Å². The minimum absolute atomic E-state index is 0.105. The van der Waals surface area contributed by atoms with Gasteiger partial charge in [0.1, 0.15) is 11.6 Å². The van der Waals surface area contributed by atoms with E-state index in [1.54, 1.807) is 42.2 Å². The van der Waals surface area contributed by atoms with Crippen molar-refractivity contribution in [2.24, 2.45) is 5.92 Å². The van der Waals surface area contributed by atoms with Gasteiger partial charge in [-0.25, -0.2) is 4.39 Å². The first kappa shape index (κ1) is 17.9. The van der Waals surface area contributed by atoms with E-state index in [2.05, 4.69) is 5.32 Å². The van der Waals surface area contributed by atoms with Crippen molar-refractivity contribution in [2.45, 2.75) is 33.4 Å². The number of benzene rings is 2. The molecule has 0 bridgehead atoms. The molecule has 0 fully saturated rings. The van der Waals surface area contributed by atoms with Crippen molar-refractivity contribution in [3.05, 3.63) is 53.8 Å². The van der Waals surface area contributed by atoms with Crippen LogP contribution >= 0.6 is 0 Å². The molecule has 0 spiro atoms. The van der Waals surface area contributed by atoms with E-state index in [4.69, 9.17) is 4.74 Å². The summed E-state index contributed by atoms with van der Waals surface area (Å²) in [5.74, 6) is -0.198. The van der Waals surface area contributed by atoms with E-state index in [0.717, 1.165) is 5.56 Å². The monoisotopic (exact) mass is 356 g/mol. The molecule has 2 amide bonds. The third-order valence-electron chi connectivity index (χ3n) is 4.21. The SMILES string of the molecule is CC(C)C(=O)Nc1ccc2c(c1)N(Cc1ccc(F)cc1)C(=O)C(C)O2. The summed E-state index contributed by atoms with van der Waals surface area (Å²) in [6, 6.07) is 11.2. The predicted octanol–water partition coefficient (Wildman–Crippen LogP) is 3.73. The lowest BCUT2D eigenvalue weighted by atomic mass is 10.1. The number of anilines is 2. The van der Waals surface area contributed by atoms with Crippen molar-refractivity contribution in [1.82, 2.24) is 0 Å². The minimum Gasteiger partial charge on any atom is -0.479 e. The van der Waals surface area contributed by atoms with Crippen LogP contribution < -0.4 is 15.0 Å². The number of fused-ring (bicyclic) bond motifs is 1. The van der Waals surface area contributed by atoms with Crippen molar-refractivity contribution < 1.29 is 18.7 Å². The number of carbonyl (C=O) groups excluding carboxylic acids is 2. The number of nitrogens with zero attached hydrogens (tertiary/aromatic N) is 1. The minimum atomic E-state index is -0.612. The molecule has 26 heavy (non-hydrogen) atoms. The predicted molar refractivity (Wildman–Crippen MR) is 97.6 cm³/mol. The lowest BCUT2D eigenvalue weighted by Crippen LogP contribution is -2.44. The van der Waals surface area contributed by atoms with Gasteiger partial charge in [0.15, 0.2) is 6.10 Å². The molecule has 0 aliphatic carbocycles. The van der Waals surface area contributed by atoms with Crippen LogP contribution in [-0.4, -0.2) is 17.9 Å². The quantitative estimate of drug-likeness (QED) is 0.908. The van der Waals surface area contributed by atoms with Gasteiger partial charge >= 0.3 is 0 Å². The fourth-order valence-electron chi connectivity index (χ4n) is 2.71. The molecule has 1 heterocycles. The van der Waals surface area contributed by atoms with Gasteiger partial charge in [-0.1, -0.05) is 26.0 Å². The second-order valence-corrected chi connectivity index (χ2v) is 6.64. The van der Waals surface area contributed by atoms with E-state index >= 15 is 0 Å².